The Bertz CT molecular complexity index is 571. The molecule has 0 aliphatic heterocycles. The van der Waals surface area contributed by atoms with Gasteiger partial charge < -0.3 is 15.8 Å². The maximum atomic E-state index is 6.04. The van der Waals surface area contributed by atoms with Gasteiger partial charge in [0.25, 0.3) is 0 Å². The minimum absolute atomic E-state index is 0.134. The highest BCUT2D eigenvalue weighted by atomic mass is 16.5. The van der Waals surface area contributed by atoms with E-state index in [0.717, 1.165) is 36.3 Å². The Morgan fingerprint density at radius 3 is 2.76 bits per heavy atom. The van der Waals surface area contributed by atoms with Gasteiger partial charge in [-0.2, -0.15) is 0 Å². The van der Waals surface area contributed by atoms with Crippen LogP contribution in [0, 0.1) is 0 Å². The smallest absolute Gasteiger partial charge is 0.128 e. The van der Waals surface area contributed by atoms with Crippen LogP contribution in [-0.4, -0.2) is 18.6 Å². The summed E-state index contributed by atoms with van der Waals surface area (Å²) >= 11 is 0. The second-order valence-corrected chi connectivity index (χ2v) is 5.00. The molecular weight excluding hydrogens is 262 g/mol. The van der Waals surface area contributed by atoms with Crippen molar-refractivity contribution in [1.29, 1.82) is 0 Å². The molecular formula is C17H23N3O. The molecule has 2 aromatic rings. The van der Waals surface area contributed by atoms with Crippen LogP contribution < -0.4 is 15.8 Å². The fourth-order valence-corrected chi connectivity index (χ4v) is 2.43. The third-order valence-corrected chi connectivity index (χ3v) is 3.50. The molecule has 0 amide bonds. The van der Waals surface area contributed by atoms with Crippen molar-refractivity contribution in [3.05, 3.63) is 53.7 Å². The van der Waals surface area contributed by atoms with Gasteiger partial charge in [-0.05, 0) is 37.1 Å². The van der Waals surface area contributed by atoms with Crippen LogP contribution in [0.1, 0.15) is 30.5 Å². The summed E-state index contributed by atoms with van der Waals surface area (Å²) in [4.78, 5) is 4.20. The van der Waals surface area contributed by atoms with Gasteiger partial charge >= 0.3 is 0 Å². The normalized spacial score (nSPS) is 12.1. The van der Waals surface area contributed by atoms with Crippen molar-refractivity contribution in [3.63, 3.8) is 0 Å². The van der Waals surface area contributed by atoms with Gasteiger partial charge in [0.15, 0.2) is 0 Å². The summed E-state index contributed by atoms with van der Waals surface area (Å²) < 4.78 is 5.44. The summed E-state index contributed by atoms with van der Waals surface area (Å²) in [5.41, 5.74) is 8.24. The average molecular weight is 285 g/mol. The van der Waals surface area contributed by atoms with Gasteiger partial charge in [0.05, 0.1) is 7.11 Å². The number of aromatic nitrogens is 1. The molecule has 3 N–H and O–H groups in total. The number of methoxy groups -OCH3 is 1. The van der Waals surface area contributed by atoms with E-state index in [-0.39, 0.29) is 6.04 Å². The third-order valence-electron chi connectivity index (χ3n) is 3.50. The highest BCUT2D eigenvalue weighted by molar-refractivity contribution is 5.43. The molecule has 1 aromatic carbocycles. The molecule has 0 fully saturated rings. The van der Waals surface area contributed by atoms with E-state index >= 15 is 0 Å². The van der Waals surface area contributed by atoms with E-state index in [1.165, 1.54) is 0 Å². The number of benzene rings is 1. The molecule has 0 radical (unpaired) electrons. The van der Waals surface area contributed by atoms with E-state index in [4.69, 9.17) is 10.5 Å². The Kier molecular flexibility index (Phi) is 5.58. The first-order valence-electron chi connectivity index (χ1n) is 7.32. The molecule has 21 heavy (non-hydrogen) atoms. The number of hydrogen-bond donors (Lipinski definition) is 2. The SMILES string of the molecule is CCCNC(Cc1ccccc1OC)c1cccnc1N. The van der Waals surface area contributed by atoms with Crippen LogP contribution in [0.5, 0.6) is 5.75 Å². The van der Waals surface area contributed by atoms with E-state index in [9.17, 15) is 0 Å². The lowest BCUT2D eigenvalue weighted by atomic mass is 9.98. The van der Waals surface area contributed by atoms with Gasteiger partial charge in [-0.1, -0.05) is 31.2 Å². The summed E-state index contributed by atoms with van der Waals surface area (Å²) in [6.07, 6.45) is 3.61. The molecule has 0 spiro atoms. The lowest BCUT2D eigenvalue weighted by molar-refractivity contribution is 0.405. The topological polar surface area (TPSA) is 60.2 Å². The summed E-state index contributed by atoms with van der Waals surface area (Å²) in [6.45, 7) is 3.09. The van der Waals surface area contributed by atoms with Gasteiger partial charge in [-0.15, -0.1) is 0 Å². The first-order valence-corrected chi connectivity index (χ1v) is 7.32. The maximum absolute atomic E-state index is 6.04. The van der Waals surface area contributed by atoms with Gasteiger partial charge in [-0.25, -0.2) is 4.98 Å². The number of nitrogen functional groups attached to an aromatic ring is 1. The Balaban J connectivity index is 2.26. The number of para-hydroxylation sites is 1. The zero-order valence-corrected chi connectivity index (χ0v) is 12.7. The van der Waals surface area contributed by atoms with E-state index in [2.05, 4.69) is 23.3 Å². The fourth-order valence-electron chi connectivity index (χ4n) is 2.43. The first-order chi connectivity index (χ1) is 10.3. The standard InChI is InChI=1S/C17H23N3O/c1-3-10-19-15(14-8-6-11-20-17(14)18)12-13-7-4-5-9-16(13)21-2/h4-9,11,15,19H,3,10,12H2,1-2H3,(H2,18,20). The second kappa shape index (κ2) is 7.64. The van der Waals surface area contributed by atoms with Crippen LogP contribution in [-0.2, 0) is 6.42 Å². The van der Waals surface area contributed by atoms with Crippen LogP contribution in [0.2, 0.25) is 0 Å². The predicted octanol–water partition coefficient (Wildman–Crippen LogP) is 2.96. The Hall–Kier alpha value is -2.07. The molecule has 0 aliphatic rings. The predicted molar refractivity (Wildman–Crippen MR) is 86.4 cm³/mol. The molecule has 2 rings (SSSR count). The zero-order valence-electron chi connectivity index (χ0n) is 12.7. The Morgan fingerprint density at radius 2 is 2.05 bits per heavy atom. The number of anilines is 1. The number of pyridine rings is 1. The molecule has 112 valence electrons. The van der Waals surface area contributed by atoms with E-state index in [1.54, 1.807) is 13.3 Å². The second-order valence-electron chi connectivity index (χ2n) is 5.00. The van der Waals surface area contributed by atoms with Crippen molar-refractivity contribution >= 4 is 5.82 Å². The number of hydrogen-bond acceptors (Lipinski definition) is 4. The van der Waals surface area contributed by atoms with E-state index in [1.807, 2.05) is 30.3 Å². The van der Waals surface area contributed by atoms with E-state index < -0.39 is 0 Å². The van der Waals surface area contributed by atoms with Gasteiger partial charge in [-0.3, -0.25) is 0 Å². The number of nitrogens with one attached hydrogen (secondary N) is 1. The minimum atomic E-state index is 0.134. The van der Waals surface area contributed by atoms with Gasteiger partial charge in [0, 0.05) is 17.8 Å². The number of rotatable bonds is 7. The lowest BCUT2D eigenvalue weighted by Gasteiger charge is -2.21. The highest BCUT2D eigenvalue weighted by Crippen LogP contribution is 2.27. The van der Waals surface area contributed by atoms with Crippen molar-refractivity contribution in [2.45, 2.75) is 25.8 Å². The van der Waals surface area contributed by atoms with Crippen LogP contribution in [0.25, 0.3) is 0 Å². The fraction of sp³-hybridized carbons (Fsp3) is 0.353. The molecule has 4 heteroatoms. The largest absolute Gasteiger partial charge is 0.496 e. The molecule has 0 saturated carbocycles. The molecule has 1 atom stereocenters. The summed E-state index contributed by atoms with van der Waals surface area (Å²) in [5, 5.41) is 3.55. The molecule has 4 nitrogen and oxygen atoms in total. The van der Waals surface area contributed by atoms with Crippen LogP contribution in [0.3, 0.4) is 0 Å². The van der Waals surface area contributed by atoms with E-state index in [0.29, 0.717) is 5.82 Å². The Labute approximate surface area is 126 Å². The summed E-state index contributed by atoms with van der Waals surface area (Å²) in [6, 6.07) is 12.2. The lowest BCUT2D eigenvalue weighted by Crippen LogP contribution is -2.25. The molecule has 0 saturated heterocycles. The molecule has 0 bridgehead atoms. The number of nitrogens with zero attached hydrogens (tertiary/aromatic N) is 1. The Morgan fingerprint density at radius 1 is 1.24 bits per heavy atom. The monoisotopic (exact) mass is 285 g/mol. The quantitative estimate of drug-likeness (QED) is 0.821. The first kappa shape index (κ1) is 15.3. The minimum Gasteiger partial charge on any atom is -0.496 e. The van der Waals surface area contributed by atoms with Crippen molar-refractivity contribution in [2.75, 3.05) is 19.4 Å². The summed E-state index contributed by atoms with van der Waals surface area (Å²) in [7, 11) is 1.70. The van der Waals surface area contributed by atoms with Crippen LogP contribution in [0.15, 0.2) is 42.6 Å². The van der Waals surface area contributed by atoms with Gasteiger partial charge in [0.1, 0.15) is 11.6 Å². The number of ether oxygens (including phenoxy) is 1. The number of nitrogens with two attached hydrogens (primary N) is 1. The molecule has 1 heterocycles. The zero-order chi connectivity index (χ0) is 15.1. The van der Waals surface area contributed by atoms with Crippen molar-refractivity contribution in [3.8, 4) is 5.75 Å². The maximum Gasteiger partial charge on any atom is 0.128 e. The van der Waals surface area contributed by atoms with Crippen LogP contribution in [0.4, 0.5) is 5.82 Å². The van der Waals surface area contributed by atoms with Gasteiger partial charge in [0.2, 0.25) is 0 Å². The molecule has 1 aromatic heterocycles. The van der Waals surface area contributed by atoms with Crippen molar-refractivity contribution in [2.24, 2.45) is 0 Å². The van der Waals surface area contributed by atoms with Crippen molar-refractivity contribution in [1.82, 2.24) is 10.3 Å². The third kappa shape index (κ3) is 3.95. The highest BCUT2D eigenvalue weighted by Gasteiger charge is 2.16. The van der Waals surface area contributed by atoms with Crippen molar-refractivity contribution < 1.29 is 4.74 Å². The summed E-state index contributed by atoms with van der Waals surface area (Å²) in [5.74, 6) is 1.49. The molecule has 1 unspecified atom stereocenters. The molecule has 0 aliphatic carbocycles. The average Bonchev–Trinajstić information content (AvgIpc) is 2.52. The van der Waals surface area contributed by atoms with Crippen LogP contribution >= 0.6 is 0 Å².